The molecular formula is C16H16N4O2S. The van der Waals surface area contributed by atoms with Crippen LogP contribution in [0.2, 0.25) is 0 Å². The molecule has 2 aromatic carbocycles. The van der Waals surface area contributed by atoms with Gasteiger partial charge in [-0.25, -0.2) is 0 Å². The number of hydrogen-bond donors (Lipinski definition) is 2. The molecule has 0 fully saturated rings. The second-order valence-corrected chi connectivity index (χ2v) is 6.45. The van der Waals surface area contributed by atoms with Crippen molar-refractivity contribution in [1.82, 2.24) is 0 Å². The number of thioether (sulfide) groups is 1. The Bertz CT molecular complexity index is 781. The van der Waals surface area contributed by atoms with Gasteiger partial charge in [0.1, 0.15) is 23.8 Å². The Kier molecular flexibility index (Phi) is 3.49. The van der Waals surface area contributed by atoms with E-state index in [4.69, 9.17) is 4.74 Å². The lowest BCUT2D eigenvalue weighted by atomic mass is 10.2. The third kappa shape index (κ3) is 2.57. The maximum absolute atomic E-state index is 10.1. The predicted molar refractivity (Wildman–Crippen MR) is 91.1 cm³/mol. The first kappa shape index (κ1) is 14.2. The van der Waals surface area contributed by atoms with Crippen molar-refractivity contribution in [3.63, 3.8) is 0 Å². The molecule has 0 saturated carbocycles. The van der Waals surface area contributed by atoms with E-state index in [1.54, 1.807) is 23.9 Å². The number of anilines is 2. The topological polar surface area (TPSA) is 69.5 Å². The van der Waals surface area contributed by atoms with Gasteiger partial charge in [-0.15, -0.1) is 5.11 Å². The Balaban J connectivity index is 1.58. The maximum Gasteiger partial charge on any atom is 0.194 e. The van der Waals surface area contributed by atoms with E-state index >= 15 is 0 Å². The molecule has 1 atom stereocenters. The number of aromatic hydroxyl groups is 1. The van der Waals surface area contributed by atoms with Gasteiger partial charge in [0, 0.05) is 30.6 Å². The van der Waals surface area contributed by atoms with Gasteiger partial charge in [-0.1, -0.05) is 23.9 Å². The summed E-state index contributed by atoms with van der Waals surface area (Å²) in [6.07, 6.45) is 0. The number of hydrogen-bond acceptors (Lipinski definition) is 7. The minimum absolute atomic E-state index is 0.0914. The summed E-state index contributed by atoms with van der Waals surface area (Å²) >= 11 is 1.64. The highest BCUT2D eigenvalue weighted by atomic mass is 32.2. The summed E-state index contributed by atoms with van der Waals surface area (Å²) in [7, 11) is 1.99. The van der Waals surface area contributed by atoms with Gasteiger partial charge >= 0.3 is 0 Å². The number of benzene rings is 2. The van der Waals surface area contributed by atoms with Crippen molar-refractivity contribution in [3.8, 4) is 11.5 Å². The standard InChI is InChI=1S/C16H16N4O2S/c1-20-12-4-2-3-5-15(12)23-16(20)19-18-10-9-14-11(8-13(10)21)17-6-7-22-14/h2-5,8-9,16-17,21H,6-7H2,1H3. The lowest BCUT2D eigenvalue weighted by Crippen LogP contribution is -2.21. The predicted octanol–water partition coefficient (Wildman–Crippen LogP) is 3.81. The highest BCUT2D eigenvalue weighted by Crippen LogP contribution is 2.44. The first-order chi connectivity index (χ1) is 11.2. The van der Waals surface area contributed by atoms with Crippen LogP contribution in [0.1, 0.15) is 0 Å². The Hall–Kier alpha value is -2.41. The Morgan fingerprint density at radius 3 is 3.09 bits per heavy atom. The van der Waals surface area contributed by atoms with Crippen molar-refractivity contribution in [2.45, 2.75) is 10.4 Å². The van der Waals surface area contributed by atoms with Crippen molar-refractivity contribution in [2.24, 2.45) is 10.2 Å². The van der Waals surface area contributed by atoms with Gasteiger partial charge < -0.3 is 20.1 Å². The number of nitrogens with zero attached hydrogens (tertiary/aromatic N) is 3. The molecule has 118 valence electrons. The van der Waals surface area contributed by atoms with Crippen molar-refractivity contribution in [3.05, 3.63) is 36.4 Å². The number of para-hydroxylation sites is 1. The second kappa shape index (κ2) is 5.66. The SMILES string of the molecule is CN1c2ccccc2SC1N=Nc1cc2c(cc1O)NCCO2. The molecular weight excluding hydrogens is 312 g/mol. The van der Waals surface area contributed by atoms with Crippen LogP contribution < -0.4 is 15.0 Å². The summed E-state index contributed by atoms with van der Waals surface area (Å²) in [6, 6.07) is 11.5. The van der Waals surface area contributed by atoms with Crippen LogP contribution in [0.25, 0.3) is 0 Å². The summed E-state index contributed by atoms with van der Waals surface area (Å²) < 4.78 is 5.57. The Morgan fingerprint density at radius 1 is 1.35 bits per heavy atom. The second-order valence-electron chi connectivity index (χ2n) is 5.35. The molecule has 7 heteroatoms. The Labute approximate surface area is 138 Å². The molecule has 2 aromatic rings. The van der Waals surface area contributed by atoms with Crippen LogP contribution in [0.4, 0.5) is 17.1 Å². The lowest BCUT2D eigenvalue weighted by Gasteiger charge is -2.20. The van der Waals surface area contributed by atoms with Gasteiger partial charge in [0.2, 0.25) is 0 Å². The molecule has 2 aliphatic rings. The molecule has 0 radical (unpaired) electrons. The van der Waals surface area contributed by atoms with E-state index in [2.05, 4.69) is 32.6 Å². The van der Waals surface area contributed by atoms with Crippen LogP contribution in [0, 0.1) is 0 Å². The number of ether oxygens (including phenoxy) is 1. The van der Waals surface area contributed by atoms with Gasteiger partial charge in [-0.2, -0.15) is 5.11 Å². The fourth-order valence-corrected chi connectivity index (χ4v) is 3.70. The summed E-state index contributed by atoms with van der Waals surface area (Å²) in [5, 5.41) is 21.9. The van der Waals surface area contributed by atoms with Crippen molar-refractivity contribution < 1.29 is 9.84 Å². The van der Waals surface area contributed by atoms with Gasteiger partial charge in [0.15, 0.2) is 5.50 Å². The molecule has 2 heterocycles. The summed E-state index contributed by atoms with van der Waals surface area (Å²) in [6.45, 7) is 1.33. The summed E-state index contributed by atoms with van der Waals surface area (Å²) in [5.74, 6) is 0.785. The normalized spacial score (nSPS) is 19.2. The smallest absolute Gasteiger partial charge is 0.194 e. The van der Waals surface area contributed by atoms with Crippen LogP contribution in [0.5, 0.6) is 11.5 Å². The first-order valence-electron chi connectivity index (χ1n) is 7.35. The molecule has 23 heavy (non-hydrogen) atoms. The molecule has 0 aliphatic carbocycles. The summed E-state index contributed by atoms with van der Waals surface area (Å²) in [5.41, 5.74) is 2.20. The van der Waals surface area contributed by atoms with Gasteiger partial charge in [0.05, 0.1) is 11.4 Å². The largest absolute Gasteiger partial charge is 0.506 e. The quantitative estimate of drug-likeness (QED) is 0.821. The molecule has 0 saturated heterocycles. The van der Waals surface area contributed by atoms with Gasteiger partial charge in [0.25, 0.3) is 0 Å². The average Bonchev–Trinajstić information content (AvgIpc) is 2.89. The first-order valence-corrected chi connectivity index (χ1v) is 8.23. The lowest BCUT2D eigenvalue weighted by molar-refractivity contribution is 0.322. The zero-order valence-corrected chi connectivity index (χ0v) is 13.4. The number of phenolic OH excluding ortho intramolecular Hbond substituents is 1. The van der Waals surface area contributed by atoms with Gasteiger partial charge in [-0.05, 0) is 12.1 Å². The highest BCUT2D eigenvalue weighted by Gasteiger charge is 2.26. The van der Waals surface area contributed by atoms with Crippen LogP contribution in [-0.2, 0) is 0 Å². The number of rotatable bonds is 2. The van der Waals surface area contributed by atoms with Gasteiger partial charge in [-0.3, -0.25) is 0 Å². The minimum atomic E-state index is -0.137. The minimum Gasteiger partial charge on any atom is -0.506 e. The molecule has 0 bridgehead atoms. The van der Waals surface area contributed by atoms with Crippen LogP contribution in [-0.4, -0.2) is 30.8 Å². The zero-order chi connectivity index (χ0) is 15.8. The van der Waals surface area contributed by atoms with Crippen LogP contribution >= 0.6 is 11.8 Å². The maximum atomic E-state index is 10.1. The number of azo groups is 1. The average molecular weight is 328 g/mol. The molecule has 2 aliphatic heterocycles. The van der Waals surface area contributed by atoms with E-state index in [1.807, 2.05) is 19.2 Å². The van der Waals surface area contributed by atoms with E-state index in [9.17, 15) is 5.11 Å². The summed E-state index contributed by atoms with van der Waals surface area (Å²) in [4.78, 5) is 3.25. The fourth-order valence-electron chi connectivity index (χ4n) is 2.61. The molecule has 2 N–H and O–H groups in total. The van der Waals surface area contributed by atoms with E-state index in [1.165, 1.54) is 4.90 Å². The molecule has 4 rings (SSSR count). The zero-order valence-electron chi connectivity index (χ0n) is 12.6. The van der Waals surface area contributed by atoms with E-state index in [0.717, 1.165) is 17.9 Å². The number of phenols is 1. The fraction of sp³-hybridized carbons (Fsp3) is 0.250. The number of nitrogens with one attached hydrogen (secondary N) is 1. The molecule has 1 unspecified atom stereocenters. The monoisotopic (exact) mass is 328 g/mol. The Morgan fingerprint density at radius 2 is 2.22 bits per heavy atom. The third-order valence-electron chi connectivity index (χ3n) is 3.83. The van der Waals surface area contributed by atoms with Crippen molar-refractivity contribution >= 4 is 28.8 Å². The highest BCUT2D eigenvalue weighted by molar-refractivity contribution is 8.00. The molecule has 0 spiro atoms. The van der Waals surface area contributed by atoms with E-state index in [-0.39, 0.29) is 11.2 Å². The van der Waals surface area contributed by atoms with E-state index in [0.29, 0.717) is 18.0 Å². The third-order valence-corrected chi connectivity index (χ3v) is 5.05. The van der Waals surface area contributed by atoms with Crippen LogP contribution in [0.15, 0.2) is 51.5 Å². The number of fused-ring (bicyclic) bond motifs is 2. The van der Waals surface area contributed by atoms with E-state index < -0.39 is 0 Å². The van der Waals surface area contributed by atoms with Crippen LogP contribution in [0.3, 0.4) is 0 Å². The van der Waals surface area contributed by atoms with Crippen molar-refractivity contribution in [2.75, 3.05) is 30.4 Å². The molecule has 0 amide bonds. The molecule has 6 nitrogen and oxygen atoms in total. The van der Waals surface area contributed by atoms with Crippen molar-refractivity contribution in [1.29, 1.82) is 0 Å². The molecule has 0 aromatic heterocycles.